The Bertz CT molecular complexity index is 1510. The highest BCUT2D eigenvalue weighted by atomic mass is 32.2. The van der Waals surface area contributed by atoms with Crippen LogP contribution in [0.3, 0.4) is 0 Å². The van der Waals surface area contributed by atoms with E-state index in [0.29, 0.717) is 16.6 Å². The molecule has 1 atom stereocenters. The Morgan fingerprint density at radius 2 is 1.65 bits per heavy atom. The van der Waals surface area contributed by atoms with E-state index in [1.807, 2.05) is 72.8 Å². The molecule has 166 valence electrons. The molecule has 0 saturated carbocycles. The lowest BCUT2D eigenvalue weighted by Crippen LogP contribution is -2.50. The number of nitrogens with zero attached hydrogens (tertiary/aromatic N) is 4. The number of rotatable bonds is 4. The molecule has 6 rings (SSSR count). The summed E-state index contributed by atoms with van der Waals surface area (Å²) in [5.41, 5.74) is 4.34. The molecule has 3 aromatic carbocycles. The molecule has 2 N–H and O–H groups in total. The number of H-pyrrole nitrogens is 1. The van der Waals surface area contributed by atoms with Crippen molar-refractivity contribution in [3.05, 3.63) is 113 Å². The molecule has 34 heavy (non-hydrogen) atoms. The van der Waals surface area contributed by atoms with Crippen molar-refractivity contribution in [3.63, 3.8) is 0 Å². The first-order chi connectivity index (χ1) is 16.8. The van der Waals surface area contributed by atoms with Crippen LogP contribution in [-0.4, -0.2) is 26.3 Å². The van der Waals surface area contributed by atoms with Gasteiger partial charge in [-0.2, -0.15) is 5.10 Å². The molecule has 4 aromatic rings. The fourth-order valence-electron chi connectivity index (χ4n) is 4.15. The van der Waals surface area contributed by atoms with Crippen LogP contribution in [0.15, 0.2) is 101 Å². The van der Waals surface area contributed by atoms with E-state index in [1.165, 1.54) is 11.8 Å². The van der Waals surface area contributed by atoms with Crippen LogP contribution >= 0.6 is 11.8 Å². The van der Waals surface area contributed by atoms with Gasteiger partial charge in [-0.05, 0) is 17.2 Å². The van der Waals surface area contributed by atoms with Crippen molar-refractivity contribution in [3.8, 4) is 11.3 Å². The third kappa shape index (κ3) is 3.68. The van der Waals surface area contributed by atoms with E-state index < -0.39 is 6.17 Å². The number of thioether (sulfide) groups is 1. The third-order valence-electron chi connectivity index (χ3n) is 5.74. The number of amides is 1. The van der Waals surface area contributed by atoms with Crippen LogP contribution in [-0.2, 0) is 10.5 Å². The maximum absolute atomic E-state index is 13.3. The number of aromatic nitrogens is 2. The molecule has 0 aliphatic carbocycles. The lowest BCUT2D eigenvalue weighted by atomic mass is 10.0. The standard InChI is InChI=1S/C26H20N6OS/c33-25-23-19-13-7-8-14-21(19)28-24(20-15-27-30-22(20)18-11-5-2-6-12-18)32(23)31-26(29-25)34-16-17-9-3-1-4-10-17/h1-15,24H,16H2,(H,27,30)(H,29,31,33). The minimum absolute atomic E-state index is 0.192. The predicted molar refractivity (Wildman–Crippen MR) is 133 cm³/mol. The Kier molecular flexibility index (Phi) is 5.20. The number of benzene rings is 3. The second-order valence-corrected chi connectivity index (χ2v) is 8.88. The van der Waals surface area contributed by atoms with Crippen LogP contribution in [0, 0.1) is 0 Å². The molecule has 3 heterocycles. The van der Waals surface area contributed by atoms with Crippen LogP contribution in [0.25, 0.3) is 17.0 Å². The van der Waals surface area contributed by atoms with Gasteiger partial charge in [-0.15, -0.1) is 5.10 Å². The SMILES string of the molecule is O=C1NC(SCc2ccccc2)=NN2C1=c1ccccc1=NC2c1cn[nH]c1-c1ccccc1. The van der Waals surface area contributed by atoms with E-state index in [4.69, 9.17) is 10.1 Å². The number of carbonyl (C=O) groups is 1. The van der Waals surface area contributed by atoms with Crippen molar-refractivity contribution in [1.82, 2.24) is 20.5 Å². The Labute approximate surface area is 199 Å². The first-order valence-electron chi connectivity index (χ1n) is 10.9. The normalized spacial score (nSPS) is 16.8. The van der Waals surface area contributed by atoms with E-state index in [2.05, 4.69) is 27.6 Å². The molecule has 0 bridgehead atoms. The van der Waals surface area contributed by atoms with E-state index in [0.717, 1.165) is 33.0 Å². The maximum atomic E-state index is 13.3. The van der Waals surface area contributed by atoms with Gasteiger partial charge in [0, 0.05) is 16.5 Å². The van der Waals surface area contributed by atoms with Gasteiger partial charge in [0.15, 0.2) is 11.3 Å². The van der Waals surface area contributed by atoms with E-state index >= 15 is 0 Å². The van der Waals surface area contributed by atoms with Gasteiger partial charge in [0.2, 0.25) is 0 Å². The molecule has 1 unspecified atom stereocenters. The average molecular weight is 465 g/mol. The van der Waals surface area contributed by atoms with E-state index in [-0.39, 0.29) is 5.91 Å². The van der Waals surface area contributed by atoms with Gasteiger partial charge in [0.1, 0.15) is 5.70 Å². The summed E-state index contributed by atoms with van der Waals surface area (Å²) in [6, 6.07) is 27.7. The molecule has 0 radical (unpaired) electrons. The van der Waals surface area contributed by atoms with Crippen molar-refractivity contribution >= 4 is 28.5 Å². The lowest BCUT2D eigenvalue weighted by molar-refractivity contribution is -0.116. The summed E-state index contributed by atoms with van der Waals surface area (Å²) in [5, 5.41) is 19.0. The molecule has 1 amide bonds. The number of aromatic amines is 1. The van der Waals surface area contributed by atoms with Gasteiger partial charge in [0.05, 0.1) is 17.2 Å². The molecule has 2 aliphatic heterocycles. The second kappa shape index (κ2) is 8.64. The van der Waals surface area contributed by atoms with Crippen molar-refractivity contribution in [2.75, 3.05) is 0 Å². The van der Waals surface area contributed by atoms with Crippen LogP contribution in [0.2, 0.25) is 0 Å². The van der Waals surface area contributed by atoms with Gasteiger partial charge >= 0.3 is 0 Å². The van der Waals surface area contributed by atoms with E-state index in [9.17, 15) is 4.79 Å². The highest BCUT2D eigenvalue weighted by Crippen LogP contribution is 2.35. The summed E-state index contributed by atoms with van der Waals surface area (Å²) in [6.45, 7) is 0. The summed E-state index contributed by atoms with van der Waals surface area (Å²) < 4.78 is 0. The molecule has 8 heteroatoms. The Balaban J connectivity index is 1.45. The van der Waals surface area contributed by atoms with Gasteiger partial charge in [-0.1, -0.05) is 90.6 Å². The first-order valence-corrected chi connectivity index (χ1v) is 11.9. The third-order valence-corrected chi connectivity index (χ3v) is 6.68. The lowest BCUT2D eigenvalue weighted by Gasteiger charge is -2.33. The van der Waals surface area contributed by atoms with Gasteiger partial charge < -0.3 is 0 Å². The minimum Gasteiger partial charge on any atom is -0.298 e. The topological polar surface area (TPSA) is 85.7 Å². The zero-order valence-corrected chi connectivity index (χ0v) is 18.9. The Morgan fingerprint density at radius 1 is 0.912 bits per heavy atom. The van der Waals surface area contributed by atoms with Crippen molar-refractivity contribution in [2.45, 2.75) is 11.9 Å². The zero-order chi connectivity index (χ0) is 22.9. The molecule has 2 aliphatic rings. The number of para-hydroxylation sites is 1. The monoisotopic (exact) mass is 464 g/mol. The summed E-state index contributed by atoms with van der Waals surface area (Å²) in [5.74, 6) is 0.505. The Hall–Kier alpha value is -4.17. The maximum Gasteiger partial charge on any atom is 0.276 e. The largest absolute Gasteiger partial charge is 0.298 e. The summed E-state index contributed by atoms with van der Waals surface area (Å²) in [6.07, 6.45) is 1.23. The fourth-order valence-corrected chi connectivity index (χ4v) is 4.95. The number of carbonyl (C=O) groups excluding carboxylic acids is 1. The highest BCUT2D eigenvalue weighted by molar-refractivity contribution is 8.13. The molecule has 7 nitrogen and oxygen atoms in total. The highest BCUT2D eigenvalue weighted by Gasteiger charge is 2.36. The summed E-state index contributed by atoms with van der Waals surface area (Å²) in [7, 11) is 0. The number of nitrogens with one attached hydrogen (secondary N) is 2. The number of hydrazone groups is 1. The van der Waals surface area contributed by atoms with Crippen LogP contribution in [0.1, 0.15) is 17.3 Å². The van der Waals surface area contributed by atoms with Crippen molar-refractivity contribution < 1.29 is 4.79 Å². The zero-order valence-electron chi connectivity index (χ0n) is 18.1. The van der Waals surface area contributed by atoms with Gasteiger partial charge in [0.25, 0.3) is 5.91 Å². The molecule has 0 saturated heterocycles. The Morgan fingerprint density at radius 3 is 2.47 bits per heavy atom. The summed E-state index contributed by atoms with van der Waals surface area (Å²) >= 11 is 1.49. The number of amidine groups is 1. The molecular weight excluding hydrogens is 444 g/mol. The molecule has 0 fully saturated rings. The smallest absolute Gasteiger partial charge is 0.276 e. The quantitative estimate of drug-likeness (QED) is 0.486. The van der Waals surface area contributed by atoms with Crippen molar-refractivity contribution in [2.24, 2.45) is 10.1 Å². The summed E-state index contributed by atoms with van der Waals surface area (Å²) in [4.78, 5) is 18.3. The average Bonchev–Trinajstić information content (AvgIpc) is 3.38. The van der Waals surface area contributed by atoms with Crippen LogP contribution in [0.4, 0.5) is 0 Å². The van der Waals surface area contributed by atoms with Crippen molar-refractivity contribution in [1.29, 1.82) is 0 Å². The molecule has 0 spiro atoms. The first kappa shape index (κ1) is 20.4. The van der Waals surface area contributed by atoms with Gasteiger partial charge in [-0.3, -0.25) is 20.2 Å². The predicted octanol–water partition coefficient (Wildman–Crippen LogP) is 3.15. The molecule has 1 aromatic heterocycles. The van der Waals surface area contributed by atoms with Crippen LogP contribution in [0.5, 0.6) is 0 Å². The number of fused-ring (bicyclic) bond motifs is 2. The minimum atomic E-state index is -0.530. The number of hydrogen-bond acceptors (Lipinski definition) is 6. The second-order valence-electron chi connectivity index (χ2n) is 7.91. The molecular formula is C26H20N6OS. The fraction of sp³-hybridized carbons (Fsp3) is 0.0769. The van der Waals surface area contributed by atoms with Crippen LogP contribution < -0.4 is 15.9 Å². The number of hydrogen-bond donors (Lipinski definition) is 2. The van der Waals surface area contributed by atoms with E-state index in [1.54, 1.807) is 11.2 Å². The van der Waals surface area contributed by atoms with Gasteiger partial charge in [-0.25, -0.2) is 5.01 Å².